The number of aromatic nitrogens is 1. The Morgan fingerprint density at radius 2 is 2.06 bits per heavy atom. The number of ketones is 1. The topological polar surface area (TPSA) is 47.8 Å². The molecule has 94 valence electrons. The maximum absolute atomic E-state index is 11.9. The molecule has 2 aromatic heterocycles. The molecule has 0 fully saturated rings. The largest absolute Gasteiger partial charge is 0.461 e. The minimum atomic E-state index is -0.408. The van der Waals surface area contributed by atoms with Crippen molar-refractivity contribution >= 4 is 17.3 Å². The van der Waals surface area contributed by atoms with Gasteiger partial charge in [0, 0.05) is 11.3 Å². The van der Waals surface area contributed by atoms with Crippen molar-refractivity contribution in [2.75, 3.05) is 6.61 Å². The predicted molar refractivity (Wildman–Crippen MR) is 68.1 cm³/mol. The van der Waals surface area contributed by atoms with Crippen LogP contribution in [0.3, 0.4) is 0 Å². The van der Waals surface area contributed by atoms with Gasteiger partial charge in [-0.25, -0.2) is 4.79 Å². The molecule has 4 heteroatoms. The molecular formula is C14H15NO3. The van der Waals surface area contributed by atoms with E-state index in [9.17, 15) is 9.59 Å². The van der Waals surface area contributed by atoms with Gasteiger partial charge in [-0.3, -0.25) is 4.79 Å². The van der Waals surface area contributed by atoms with Crippen LogP contribution < -0.4 is 0 Å². The lowest BCUT2D eigenvalue weighted by atomic mass is 10.2. The van der Waals surface area contributed by atoms with Gasteiger partial charge in [0.2, 0.25) is 0 Å². The quantitative estimate of drug-likeness (QED) is 0.617. The van der Waals surface area contributed by atoms with Crippen LogP contribution in [-0.2, 0) is 4.74 Å². The first-order valence-electron chi connectivity index (χ1n) is 5.85. The third kappa shape index (κ3) is 1.90. The number of rotatable bonds is 3. The molecule has 0 atom stereocenters. The van der Waals surface area contributed by atoms with Crippen molar-refractivity contribution in [3.8, 4) is 0 Å². The number of hydrogen-bond donors (Lipinski definition) is 0. The van der Waals surface area contributed by atoms with Crippen LogP contribution >= 0.6 is 0 Å². The van der Waals surface area contributed by atoms with Gasteiger partial charge in [0.05, 0.1) is 12.1 Å². The Bertz CT molecular complexity index is 625. The summed E-state index contributed by atoms with van der Waals surface area (Å²) in [6, 6.07) is 7.18. The van der Waals surface area contributed by atoms with E-state index in [2.05, 4.69) is 0 Å². The van der Waals surface area contributed by atoms with E-state index in [1.54, 1.807) is 17.4 Å². The molecule has 2 heterocycles. The number of carbonyl (C=O) groups is 2. The van der Waals surface area contributed by atoms with Gasteiger partial charge in [-0.15, -0.1) is 0 Å². The molecule has 0 radical (unpaired) electrons. The van der Waals surface area contributed by atoms with E-state index in [-0.39, 0.29) is 5.78 Å². The summed E-state index contributed by atoms with van der Waals surface area (Å²) in [7, 11) is 0. The number of nitrogens with zero attached hydrogens (tertiary/aromatic N) is 1. The summed E-state index contributed by atoms with van der Waals surface area (Å²) in [6.07, 6.45) is 0. The molecule has 0 N–H and O–H groups in total. The predicted octanol–water partition coefficient (Wildman–Crippen LogP) is 2.63. The number of ether oxygens (including phenoxy) is 1. The van der Waals surface area contributed by atoms with Crippen LogP contribution in [0.25, 0.3) is 5.52 Å². The molecule has 2 rings (SSSR count). The van der Waals surface area contributed by atoms with Gasteiger partial charge in [-0.05, 0) is 39.0 Å². The second-order valence-corrected chi connectivity index (χ2v) is 4.11. The molecule has 4 nitrogen and oxygen atoms in total. The molecule has 18 heavy (non-hydrogen) atoms. The summed E-state index contributed by atoms with van der Waals surface area (Å²) in [6.45, 7) is 5.45. The van der Waals surface area contributed by atoms with E-state index in [0.717, 1.165) is 11.2 Å². The number of aryl methyl sites for hydroxylation is 1. The lowest BCUT2D eigenvalue weighted by Gasteiger charge is -2.05. The Kier molecular flexibility index (Phi) is 3.19. The molecule has 0 aliphatic heterocycles. The molecule has 2 aromatic rings. The van der Waals surface area contributed by atoms with Gasteiger partial charge in [0.1, 0.15) is 5.69 Å². The summed E-state index contributed by atoms with van der Waals surface area (Å²) in [5.74, 6) is -0.469. The number of fused-ring (bicyclic) bond motifs is 1. The first-order chi connectivity index (χ1) is 8.56. The Hall–Kier alpha value is -2.10. The molecule has 0 amide bonds. The normalized spacial score (nSPS) is 10.6. The molecule has 0 aliphatic carbocycles. The summed E-state index contributed by atoms with van der Waals surface area (Å²) < 4.78 is 6.77. The highest BCUT2D eigenvalue weighted by Gasteiger charge is 2.19. The van der Waals surface area contributed by atoms with Crippen molar-refractivity contribution in [2.45, 2.75) is 20.8 Å². The van der Waals surface area contributed by atoms with Crippen molar-refractivity contribution in [2.24, 2.45) is 0 Å². The van der Waals surface area contributed by atoms with Gasteiger partial charge in [-0.1, -0.05) is 6.07 Å². The highest BCUT2D eigenvalue weighted by molar-refractivity contribution is 6.04. The number of carbonyl (C=O) groups excluding carboxylic acids is 2. The second-order valence-electron chi connectivity index (χ2n) is 4.11. The van der Waals surface area contributed by atoms with Gasteiger partial charge < -0.3 is 9.14 Å². The van der Waals surface area contributed by atoms with E-state index < -0.39 is 5.97 Å². The minimum Gasteiger partial charge on any atom is -0.461 e. The monoisotopic (exact) mass is 245 g/mol. The summed E-state index contributed by atoms with van der Waals surface area (Å²) in [4.78, 5) is 23.5. The van der Waals surface area contributed by atoms with E-state index in [0.29, 0.717) is 17.9 Å². The van der Waals surface area contributed by atoms with E-state index >= 15 is 0 Å². The zero-order chi connectivity index (χ0) is 13.3. The summed E-state index contributed by atoms with van der Waals surface area (Å²) >= 11 is 0. The molecule has 0 spiro atoms. The lowest BCUT2D eigenvalue weighted by Crippen LogP contribution is -2.09. The van der Waals surface area contributed by atoms with Gasteiger partial charge in [-0.2, -0.15) is 0 Å². The van der Waals surface area contributed by atoms with Crippen LogP contribution in [0.5, 0.6) is 0 Å². The first-order valence-corrected chi connectivity index (χ1v) is 5.85. The van der Waals surface area contributed by atoms with E-state index in [1.807, 2.05) is 25.1 Å². The van der Waals surface area contributed by atoms with Gasteiger partial charge >= 0.3 is 5.97 Å². The summed E-state index contributed by atoms with van der Waals surface area (Å²) in [5.41, 5.74) is 2.57. The number of esters is 1. The van der Waals surface area contributed by atoms with Crippen molar-refractivity contribution in [3.63, 3.8) is 0 Å². The highest BCUT2D eigenvalue weighted by Crippen LogP contribution is 2.20. The maximum Gasteiger partial charge on any atom is 0.355 e. The third-order valence-electron chi connectivity index (χ3n) is 2.85. The fraction of sp³-hybridized carbons (Fsp3) is 0.286. The molecule has 0 saturated carbocycles. The number of pyridine rings is 1. The molecule has 0 aliphatic rings. The maximum atomic E-state index is 11.9. The second kappa shape index (κ2) is 4.64. The van der Waals surface area contributed by atoms with Crippen LogP contribution in [0.15, 0.2) is 24.3 Å². The van der Waals surface area contributed by atoms with Crippen molar-refractivity contribution in [1.82, 2.24) is 4.40 Å². The van der Waals surface area contributed by atoms with E-state index in [1.165, 1.54) is 6.92 Å². The average Bonchev–Trinajstić information content (AvgIpc) is 2.70. The lowest BCUT2D eigenvalue weighted by molar-refractivity contribution is 0.0518. The van der Waals surface area contributed by atoms with Gasteiger partial charge in [0.25, 0.3) is 0 Å². The third-order valence-corrected chi connectivity index (χ3v) is 2.85. The SMILES string of the molecule is CCOC(=O)c1cc(C(C)=O)c2cccc(C)n12. The van der Waals surface area contributed by atoms with Crippen LogP contribution in [0.1, 0.15) is 40.4 Å². The van der Waals surface area contributed by atoms with Crippen molar-refractivity contribution < 1.29 is 14.3 Å². The smallest absolute Gasteiger partial charge is 0.355 e. The Balaban J connectivity index is 2.74. The summed E-state index contributed by atoms with van der Waals surface area (Å²) in [5, 5.41) is 0. The zero-order valence-corrected chi connectivity index (χ0v) is 10.7. The fourth-order valence-corrected chi connectivity index (χ4v) is 2.06. The molecular weight excluding hydrogens is 230 g/mol. The number of Topliss-reactive ketones (excluding diaryl/α,β-unsaturated/α-hetero) is 1. The number of hydrogen-bond acceptors (Lipinski definition) is 3. The molecule has 0 aromatic carbocycles. The van der Waals surface area contributed by atoms with Crippen molar-refractivity contribution in [1.29, 1.82) is 0 Å². The average molecular weight is 245 g/mol. The minimum absolute atomic E-state index is 0.0614. The van der Waals surface area contributed by atoms with Crippen LogP contribution in [0, 0.1) is 6.92 Å². The van der Waals surface area contributed by atoms with Crippen LogP contribution in [0.4, 0.5) is 0 Å². The Morgan fingerprint density at radius 1 is 1.33 bits per heavy atom. The van der Waals surface area contributed by atoms with Gasteiger partial charge in [0.15, 0.2) is 5.78 Å². The zero-order valence-electron chi connectivity index (χ0n) is 10.7. The Morgan fingerprint density at radius 3 is 2.67 bits per heavy atom. The van der Waals surface area contributed by atoms with Crippen LogP contribution in [-0.4, -0.2) is 22.8 Å². The molecule has 0 bridgehead atoms. The van der Waals surface area contributed by atoms with Crippen molar-refractivity contribution in [3.05, 3.63) is 41.2 Å². The standard InChI is InChI=1S/C14H15NO3/c1-4-18-14(17)13-8-11(10(3)16)12-7-5-6-9(2)15(12)13/h5-8H,4H2,1-3H3. The molecule has 0 saturated heterocycles. The fourth-order valence-electron chi connectivity index (χ4n) is 2.06. The Labute approximate surface area is 105 Å². The first kappa shape index (κ1) is 12.4. The highest BCUT2D eigenvalue weighted by atomic mass is 16.5. The molecule has 0 unspecified atom stereocenters. The van der Waals surface area contributed by atoms with E-state index in [4.69, 9.17) is 4.74 Å². The van der Waals surface area contributed by atoms with Crippen LogP contribution in [0.2, 0.25) is 0 Å².